The number of hydrogen-bond acceptors (Lipinski definition) is 5. The third kappa shape index (κ3) is 5.28. The second kappa shape index (κ2) is 9.86. The van der Waals surface area contributed by atoms with Gasteiger partial charge >= 0.3 is 6.09 Å². The molecule has 0 spiro atoms. The predicted octanol–water partition coefficient (Wildman–Crippen LogP) is 2.85. The molecule has 2 heterocycles. The molecule has 2 aliphatic rings. The molecule has 2 aromatic rings. The van der Waals surface area contributed by atoms with E-state index < -0.39 is 0 Å². The van der Waals surface area contributed by atoms with E-state index in [1.807, 2.05) is 35.2 Å². The summed E-state index contributed by atoms with van der Waals surface area (Å²) in [6.07, 6.45) is 0.801. The number of amides is 2. The molecule has 0 saturated carbocycles. The number of nitrogens with zero attached hydrogens (tertiary/aromatic N) is 2. The van der Waals surface area contributed by atoms with Gasteiger partial charge in [0.1, 0.15) is 12.4 Å². The Kier molecular flexibility index (Phi) is 6.75. The second-order valence-corrected chi connectivity index (χ2v) is 8.32. The first-order valence-electron chi connectivity index (χ1n) is 10.6. The molecule has 1 unspecified atom stereocenters. The standard InChI is InChI=1S/C23H26N4O4S/c24-22(32)25-17-6-4-5-16(13-17)21(28)26-11-9-18(10-12-26)27-14-20(31-23(27)29)15-30-19-7-2-1-3-8-19/h1-8,13,18,20H,9-12,14-15H2,(H3,24,25,32). The van der Waals surface area contributed by atoms with E-state index in [9.17, 15) is 9.59 Å². The van der Waals surface area contributed by atoms with Gasteiger partial charge in [0.2, 0.25) is 0 Å². The lowest BCUT2D eigenvalue weighted by atomic mass is 10.0. The molecule has 9 heteroatoms. The fourth-order valence-electron chi connectivity index (χ4n) is 4.07. The number of nitrogens with one attached hydrogen (secondary N) is 1. The third-order valence-corrected chi connectivity index (χ3v) is 5.75. The smallest absolute Gasteiger partial charge is 0.410 e. The highest BCUT2D eigenvalue weighted by Crippen LogP contribution is 2.24. The van der Waals surface area contributed by atoms with E-state index in [2.05, 4.69) is 5.32 Å². The molecule has 0 aliphatic carbocycles. The van der Waals surface area contributed by atoms with Crippen molar-refractivity contribution in [2.24, 2.45) is 5.73 Å². The Morgan fingerprint density at radius 2 is 1.91 bits per heavy atom. The molecule has 0 radical (unpaired) electrons. The van der Waals surface area contributed by atoms with Crippen LogP contribution >= 0.6 is 12.2 Å². The summed E-state index contributed by atoms with van der Waals surface area (Å²) in [7, 11) is 0. The zero-order valence-corrected chi connectivity index (χ0v) is 18.4. The average molecular weight is 455 g/mol. The van der Waals surface area contributed by atoms with Gasteiger partial charge in [0, 0.05) is 30.4 Å². The minimum absolute atomic E-state index is 0.0480. The number of cyclic esters (lactones) is 1. The zero-order valence-electron chi connectivity index (χ0n) is 17.6. The van der Waals surface area contributed by atoms with E-state index in [0.717, 1.165) is 5.75 Å². The number of para-hydroxylation sites is 1. The summed E-state index contributed by atoms with van der Waals surface area (Å²) in [5, 5.41) is 3.00. The van der Waals surface area contributed by atoms with Crippen LogP contribution in [-0.4, -0.2) is 65.3 Å². The minimum Gasteiger partial charge on any atom is -0.490 e. The van der Waals surface area contributed by atoms with Crippen molar-refractivity contribution >= 4 is 35.0 Å². The van der Waals surface area contributed by atoms with Crippen LogP contribution in [0.1, 0.15) is 23.2 Å². The van der Waals surface area contributed by atoms with Gasteiger partial charge in [0.05, 0.1) is 6.54 Å². The molecule has 2 saturated heterocycles. The number of carbonyl (C=O) groups excluding carboxylic acids is 2. The number of thiocarbonyl (C=S) groups is 1. The normalized spacial score (nSPS) is 18.9. The molecule has 3 N–H and O–H groups in total. The highest BCUT2D eigenvalue weighted by molar-refractivity contribution is 7.80. The van der Waals surface area contributed by atoms with E-state index in [1.165, 1.54) is 0 Å². The number of carbonyl (C=O) groups is 2. The van der Waals surface area contributed by atoms with Crippen LogP contribution in [0.4, 0.5) is 10.5 Å². The van der Waals surface area contributed by atoms with Crippen molar-refractivity contribution in [1.29, 1.82) is 0 Å². The molecular formula is C23H26N4O4S. The van der Waals surface area contributed by atoms with Gasteiger partial charge in [-0.3, -0.25) is 4.79 Å². The van der Waals surface area contributed by atoms with Gasteiger partial charge < -0.3 is 30.3 Å². The summed E-state index contributed by atoms with van der Waals surface area (Å²) in [6.45, 7) is 1.97. The fourth-order valence-corrected chi connectivity index (χ4v) is 4.19. The van der Waals surface area contributed by atoms with E-state index in [0.29, 0.717) is 50.3 Å². The first kappa shape index (κ1) is 21.9. The van der Waals surface area contributed by atoms with Gasteiger partial charge in [0.15, 0.2) is 11.2 Å². The zero-order chi connectivity index (χ0) is 22.5. The van der Waals surface area contributed by atoms with Crippen molar-refractivity contribution in [3.8, 4) is 5.75 Å². The third-order valence-electron chi connectivity index (χ3n) is 5.65. The Hall–Kier alpha value is -3.33. The SMILES string of the molecule is NC(=S)Nc1cccc(C(=O)N2CCC(N3CC(COc4ccccc4)OC3=O)CC2)c1. The molecule has 32 heavy (non-hydrogen) atoms. The lowest BCUT2D eigenvalue weighted by Crippen LogP contribution is -2.47. The van der Waals surface area contributed by atoms with Crippen LogP contribution in [0, 0.1) is 0 Å². The van der Waals surface area contributed by atoms with Gasteiger partial charge in [-0.1, -0.05) is 24.3 Å². The summed E-state index contributed by atoms with van der Waals surface area (Å²) in [5.41, 5.74) is 6.77. The number of anilines is 1. The second-order valence-electron chi connectivity index (χ2n) is 7.88. The maximum Gasteiger partial charge on any atom is 0.410 e. The maximum atomic E-state index is 12.9. The molecular weight excluding hydrogens is 428 g/mol. The molecule has 8 nitrogen and oxygen atoms in total. The quantitative estimate of drug-likeness (QED) is 0.648. The number of likely N-dealkylation sites (tertiary alicyclic amines) is 1. The predicted molar refractivity (Wildman–Crippen MR) is 125 cm³/mol. The van der Waals surface area contributed by atoms with Gasteiger partial charge in [-0.2, -0.15) is 0 Å². The van der Waals surface area contributed by atoms with Crippen LogP contribution in [-0.2, 0) is 4.74 Å². The van der Waals surface area contributed by atoms with Crippen molar-refractivity contribution < 1.29 is 19.1 Å². The molecule has 2 aromatic carbocycles. The molecule has 2 amide bonds. The summed E-state index contributed by atoms with van der Waals surface area (Å²) in [5.74, 6) is 0.703. The van der Waals surface area contributed by atoms with E-state index >= 15 is 0 Å². The molecule has 0 bridgehead atoms. The van der Waals surface area contributed by atoms with E-state index in [-0.39, 0.29) is 29.3 Å². The van der Waals surface area contributed by atoms with Crippen molar-refractivity contribution in [2.45, 2.75) is 25.0 Å². The summed E-state index contributed by atoms with van der Waals surface area (Å²) < 4.78 is 11.2. The number of hydrogen-bond donors (Lipinski definition) is 2. The van der Waals surface area contributed by atoms with E-state index in [1.54, 1.807) is 29.2 Å². The van der Waals surface area contributed by atoms with Gasteiger partial charge in [-0.15, -0.1) is 0 Å². The van der Waals surface area contributed by atoms with Crippen molar-refractivity contribution in [3.05, 3.63) is 60.2 Å². The monoisotopic (exact) mass is 454 g/mol. The topological polar surface area (TPSA) is 97.1 Å². The average Bonchev–Trinajstić information content (AvgIpc) is 3.18. The van der Waals surface area contributed by atoms with Gasteiger partial charge in [-0.05, 0) is 55.4 Å². The largest absolute Gasteiger partial charge is 0.490 e. The molecule has 2 aliphatic heterocycles. The molecule has 168 valence electrons. The van der Waals surface area contributed by atoms with Crippen LogP contribution in [0.15, 0.2) is 54.6 Å². The van der Waals surface area contributed by atoms with Crippen LogP contribution in [0.25, 0.3) is 0 Å². The summed E-state index contributed by atoms with van der Waals surface area (Å²) in [6, 6.07) is 16.6. The van der Waals surface area contributed by atoms with Gasteiger partial charge in [0.25, 0.3) is 5.91 Å². The number of benzene rings is 2. The van der Waals surface area contributed by atoms with Crippen LogP contribution in [0.2, 0.25) is 0 Å². The Labute approximate surface area is 192 Å². The molecule has 4 rings (SSSR count). The first-order valence-corrected chi connectivity index (χ1v) is 11.0. The number of nitrogens with two attached hydrogens (primary N) is 1. The molecule has 0 aromatic heterocycles. The number of rotatable bonds is 6. The Bertz CT molecular complexity index is 979. The fraction of sp³-hybridized carbons (Fsp3) is 0.348. The van der Waals surface area contributed by atoms with Crippen LogP contribution in [0.3, 0.4) is 0 Å². The maximum absolute atomic E-state index is 12.9. The lowest BCUT2D eigenvalue weighted by molar-refractivity contribution is 0.0658. The van der Waals surface area contributed by atoms with Crippen LogP contribution < -0.4 is 15.8 Å². The Morgan fingerprint density at radius 3 is 2.62 bits per heavy atom. The lowest BCUT2D eigenvalue weighted by Gasteiger charge is -2.35. The highest BCUT2D eigenvalue weighted by Gasteiger charge is 2.38. The number of ether oxygens (including phenoxy) is 2. The minimum atomic E-state index is -0.312. The molecule has 1 atom stereocenters. The summed E-state index contributed by atoms with van der Waals surface area (Å²) >= 11 is 4.86. The van der Waals surface area contributed by atoms with Gasteiger partial charge in [-0.25, -0.2) is 4.79 Å². The Balaban J connectivity index is 1.28. The van der Waals surface area contributed by atoms with Crippen LogP contribution in [0.5, 0.6) is 5.75 Å². The van der Waals surface area contributed by atoms with Crippen molar-refractivity contribution in [1.82, 2.24) is 9.80 Å². The molecule has 2 fully saturated rings. The summed E-state index contributed by atoms with van der Waals surface area (Å²) in [4.78, 5) is 28.9. The van der Waals surface area contributed by atoms with E-state index in [4.69, 9.17) is 27.4 Å². The van der Waals surface area contributed by atoms with Crippen molar-refractivity contribution in [2.75, 3.05) is 31.6 Å². The number of piperidine rings is 1. The van der Waals surface area contributed by atoms with Crippen molar-refractivity contribution in [3.63, 3.8) is 0 Å². The highest BCUT2D eigenvalue weighted by atomic mass is 32.1. The first-order chi connectivity index (χ1) is 15.5. The Morgan fingerprint density at radius 1 is 1.16 bits per heavy atom.